The minimum absolute atomic E-state index is 0.0954. The minimum Gasteiger partial charge on any atom is -0.308 e. The first-order valence-electron chi connectivity index (χ1n) is 4.88. The predicted octanol–water partition coefficient (Wildman–Crippen LogP) is 2.31. The van der Waals surface area contributed by atoms with E-state index in [1.54, 1.807) is 33.9 Å². The molecule has 3 heteroatoms. The van der Waals surface area contributed by atoms with E-state index < -0.39 is 5.54 Å². The third-order valence-corrected chi connectivity index (χ3v) is 2.64. The van der Waals surface area contributed by atoms with Crippen molar-refractivity contribution in [2.45, 2.75) is 26.3 Å². The van der Waals surface area contributed by atoms with Gasteiger partial charge in [-0.15, -0.1) is 0 Å². The highest BCUT2D eigenvalue weighted by Gasteiger charge is 2.27. The van der Waals surface area contributed by atoms with Crippen LogP contribution in [-0.2, 0) is 0 Å². The number of rotatable bonds is 3. The molecule has 0 spiro atoms. The van der Waals surface area contributed by atoms with Crippen molar-refractivity contribution in [3.63, 3.8) is 0 Å². The van der Waals surface area contributed by atoms with Crippen molar-refractivity contribution in [2.24, 2.45) is 0 Å². The van der Waals surface area contributed by atoms with Crippen molar-refractivity contribution in [3.8, 4) is 0 Å². The Morgan fingerprint density at radius 1 is 1.40 bits per heavy atom. The van der Waals surface area contributed by atoms with Gasteiger partial charge >= 0.3 is 0 Å². The number of carbonyl (C=O) groups excluding carboxylic acids is 1. The average Bonchev–Trinajstić information content (AvgIpc) is 2.20. The van der Waals surface area contributed by atoms with Crippen LogP contribution in [0.3, 0.4) is 0 Å². The lowest BCUT2D eigenvalue weighted by atomic mass is 9.91. The third-order valence-electron chi connectivity index (χ3n) is 2.64. The van der Waals surface area contributed by atoms with Gasteiger partial charge in [0.1, 0.15) is 5.82 Å². The topological polar surface area (TPSA) is 29.1 Å². The summed E-state index contributed by atoms with van der Waals surface area (Å²) in [4.78, 5) is 12.0. The second-order valence-corrected chi connectivity index (χ2v) is 4.16. The third kappa shape index (κ3) is 2.42. The molecule has 0 radical (unpaired) electrons. The summed E-state index contributed by atoms with van der Waals surface area (Å²) in [5, 5.41) is 2.91. The van der Waals surface area contributed by atoms with Crippen LogP contribution in [-0.4, -0.2) is 18.4 Å². The van der Waals surface area contributed by atoms with E-state index in [0.717, 1.165) is 5.56 Å². The SMILES string of the molecule is CNC(C)(C)C(=O)c1cc(F)ccc1C. The Hall–Kier alpha value is -1.22. The summed E-state index contributed by atoms with van der Waals surface area (Å²) in [7, 11) is 1.71. The maximum atomic E-state index is 13.0. The monoisotopic (exact) mass is 209 g/mol. The molecule has 1 aromatic rings. The number of Topliss-reactive ketones (excluding diaryl/α,β-unsaturated/α-hetero) is 1. The van der Waals surface area contributed by atoms with Crippen molar-refractivity contribution in [1.82, 2.24) is 5.32 Å². The summed E-state index contributed by atoms with van der Waals surface area (Å²) in [6.45, 7) is 5.36. The zero-order valence-electron chi connectivity index (χ0n) is 9.52. The predicted molar refractivity (Wildman–Crippen MR) is 58.6 cm³/mol. The zero-order chi connectivity index (χ0) is 11.6. The molecule has 0 amide bonds. The molecule has 0 fully saturated rings. The second-order valence-electron chi connectivity index (χ2n) is 4.16. The summed E-state index contributed by atoms with van der Waals surface area (Å²) in [5.41, 5.74) is 0.567. The Morgan fingerprint density at radius 2 is 2.00 bits per heavy atom. The molecule has 1 rings (SSSR count). The standard InChI is InChI=1S/C12H16FNO/c1-8-5-6-9(13)7-10(8)11(15)12(2,3)14-4/h5-7,14H,1-4H3. The van der Waals surface area contributed by atoms with Crippen molar-refractivity contribution in [1.29, 1.82) is 0 Å². The van der Waals surface area contributed by atoms with Crippen molar-refractivity contribution in [3.05, 3.63) is 35.1 Å². The fourth-order valence-electron chi connectivity index (χ4n) is 1.29. The number of ketones is 1. The van der Waals surface area contributed by atoms with Crippen LogP contribution < -0.4 is 5.32 Å². The molecule has 0 bridgehead atoms. The Labute approximate surface area is 89.5 Å². The van der Waals surface area contributed by atoms with Crippen LogP contribution in [0.1, 0.15) is 29.8 Å². The van der Waals surface area contributed by atoms with E-state index in [2.05, 4.69) is 5.32 Å². The number of benzene rings is 1. The van der Waals surface area contributed by atoms with Gasteiger partial charge in [0, 0.05) is 5.56 Å². The first-order chi connectivity index (χ1) is 6.88. The van der Waals surface area contributed by atoms with E-state index in [0.29, 0.717) is 5.56 Å². The molecular formula is C12H16FNO. The Bertz CT molecular complexity index is 385. The van der Waals surface area contributed by atoms with Gasteiger partial charge in [0.05, 0.1) is 5.54 Å². The molecule has 0 aliphatic heterocycles. The molecule has 82 valence electrons. The maximum absolute atomic E-state index is 13.0. The van der Waals surface area contributed by atoms with Gasteiger partial charge in [-0.3, -0.25) is 4.79 Å². The molecule has 0 atom stereocenters. The van der Waals surface area contributed by atoms with Crippen LogP contribution in [0, 0.1) is 12.7 Å². The van der Waals surface area contributed by atoms with Crippen LogP contribution in [0.2, 0.25) is 0 Å². The number of halogens is 1. The largest absolute Gasteiger partial charge is 0.308 e. The molecular weight excluding hydrogens is 193 g/mol. The van der Waals surface area contributed by atoms with E-state index in [1.807, 2.05) is 0 Å². The van der Waals surface area contributed by atoms with Crippen LogP contribution in [0.5, 0.6) is 0 Å². The Morgan fingerprint density at radius 3 is 2.53 bits per heavy atom. The molecule has 0 aliphatic carbocycles. The quantitative estimate of drug-likeness (QED) is 0.774. The summed E-state index contributed by atoms with van der Waals surface area (Å²) in [6, 6.07) is 4.27. The van der Waals surface area contributed by atoms with Crippen LogP contribution in [0.15, 0.2) is 18.2 Å². The van der Waals surface area contributed by atoms with E-state index in [1.165, 1.54) is 12.1 Å². The van der Waals surface area contributed by atoms with E-state index in [4.69, 9.17) is 0 Å². The molecule has 0 saturated carbocycles. The fourth-order valence-corrected chi connectivity index (χ4v) is 1.29. The number of hydrogen-bond donors (Lipinski definition) is 1. The highest BCUT2D eigenvalue weighted by molar-refractivity contribution is 6.03. The van der Waals surface area contributed by atoms with Gasteiger partial charge in [-0.25, -0.2) is 4.39 Å². The number of aryl methyl sites for hydroxylation is 1. The number of carbonyl (C=O) groups is 1. The van der Waals surface area contributed by atoms with Gasteiger partial charge in [0.15, 0.2) is 5.78 Å². The van der Waals surface area contributed by atoms with E-state index in [-0.39, 0.29) is 11.6 Å². The highest BCUT2D eigenvalue weighted by atomic mass is 19.1. The Balaban J connectivity index is 3.17. The molecule has 0 saturated heterocycles. The smallest absolute Gasteiger partial charge is 0.182 e. The first kappa shape index (κ1) is 11.9. The molecule has 1 N–H and O–H groups in total. The van der Waals surface area contributed by atoms with Crippen molar-refractivity contribution in [2.75, 3.05) is 7.05 Å². The maximum Gasteiger partial charge on any atom is 0.182 e. The van der Waals surface area contributed by atoms with Gasteiger partial charge in [0.25, 0.3) is 0 Å². The number of nitrogens with one attached hydrogen (secondary N) is 1. The fraction of sp³-hybridized carbons (Fsp3) is 0.417. The number of hydrogen-bond acceptors (Lipinski definition) is 2. The van der Waals surface area contributed by atoms with Gasteiger partial charge in [-0.05, 0) is 45.5 Å². The first-order valence-corrected chi connectivity index (χ1v) is 4.88. The van der Waals surface area contributed by atoms with E-state index >= 15 is 0 Å². The lowest BCUT2D eigenvalue weighted by molar-refractivity contribution is 0.0888. The molecule has 0 heterocycles. The highest BCUT2D eigenvalue weighted by Crippen LogP contribution is 2.17. The van der Waals surface area contributed by atoms with Gasteiger partial charge in [-0.2, -0.15) is 0 Å². The number of likely N-dealkylation sites (N-methyl/N-ethyl adjacent to an activating group) is 1. The molecule has 2 nitrogen and oxygen atoms in total. The lowest BCUT2D eigenvalue weighted by Gasteiger charge is -2.23. The molecule has 0 aromatic heterocycles. The van der Waals surface area contributed by atoms with Crippen LogP contribution in [0.25, 0.3) is 0 Å². The second kappa shape index (κ2) is 4.11. The Kier molecular flexibility index (Phi) is 3.25. The summed E-state index contributed by atoms with van der Waals surface area (Å²) in [5.74, 6) is -0.474. The summed E-state index contributed by atoms with van der Waals surface area (Å²) in [6.07, 6.45) is 0. The zero-order valence-corrected chi connectivity index (χ0v) is 9.52. The van der Waals surface area contributed by atoms with Crippen molar-refractivity contribution >= 4 is 5.78 Å². The molecule has 0 aliphatic rings. The van der Waals surface area contributed by atoms with Crippen molar-refractivity contribution < 1.29 is 9.18 Å². The minimum atomic E-state index is -0.668. The summed E-state index contributed by atoms with van der Waals surface area (Å²) >= 11 is 0. The molecule has 15 heavy (non-hydrogen) atoms. The molecule has 0 unspecified atom stereocenters. The molecule has 1 aromatic carbocycles. The lowest BCUT2D eigenvalue weighted by Crippen LogP contribution is -2.44. The average molecular weight is 209 g/mol. The van der Waals surface area contributed by atoms with Gasteiger partial charge in [0.2, 0.25) is 0 Å². The van der Waals surface area contributed by atoms with Crippen LogP contribution >= 0.6 is 0 Å². The normalized spacial score (nSPS) is 11.5. The van der Waals surface area contributed by atoms with Crippen LogP contribution in [0.4, 0.5) is 4.39 Å². The van der Waals surface area contributed by atoms with Gasteiger partial charge < -0.3 is 5.32 Å². The van der Waals surface area contributed by atoms with E-state index in [9.17, 15) is 9.18 Å². The summed E-state index contributed by atoms with van der Waals surface area (Å²) < 4.78 is 13.0. The van der Waals surface area contributed by atoms with Gasteiger partial charge in [-0.1, -0.05) is 6.07 Å².